The van der Waals surface area contributed by atoms with Crippen molar-refractivity contribution in [2.75, 3.05) is 19.0 Å². The third kappa shape index (κ3) is 3.49. The number of anilines is 1. The van der Waals surface area contributed by atoms with Crippen molar-refractivity contribution in [3.63, 3.8) is 0 Å². The Hall–Kier alpha value is -1.98. The highest BCUT2D eigenvalue weighted by Crippen LogP contribution is 2.16. The van der Waals surface area contributed by atoms with E-state index in [0.29, 0.717) is 12.2 Å². The fraction of sp³-hybridized carbons (Fsp3) is 0.286. The van der Waals surface area contributed by atoms with Crippen molar-refractivity contribution in [2.45, 2.75) is 12.5 Å². The second kappa shape index (κ2) is 6.26. The number of para-hydroxylation sites is 1. The van der Waals surface area contributed by atoms with E-state index in [1.54, 1.807) is 13.3 Å². The Labute approximate surface area is 111 Å². The molecule has 5 heteroatoms. The van der Waals surface area contributed by atoms with E-state index in [2.05, 4.69) is 10.3 Å². The number of nitrogens with one attached hydrogen (secondary N) is 1. The van der Waals surface area contributed by atoms with Crippen LogP contribution in [0, 0.1) is 0 Å². The number of hydrogen-bond donors (Lipinski definition) is 2. The molecule has 0 saturated carbocycles. The molecule has 1 heterocycles. The largest absolute Gasteiger partial charge is 0.380 e. The average molecular weight is 259 g/mol. The molecule has 0 spiro atoms. The average Bonchev–Trinajstić information content (AvgIpc) is 2.44. The molecule has 2 rings (SSSR count). The van der Waals surface area contributed by atoms with Crippen molar-refractivity contribution in [2.24, 2.45) is 5.73 Å². The SMILES string of the molecule is COC(CN)CC(=O)Nc1cnc2ccccc2c1. The molecule has 1 atom stereocenters. The number of rotatable bonds is 5. The molecule has 0 bridgehead atoms. The van der Waals surface area contributed by atoms with Crippen molar-refractivity contribution in [3.05, 3.63) is 36.5 Å². The van der Waals surface area contributed by atoms with E-state index in [1.807, 2.05) is 30.3 Å². The smallest absolute Gasteiger partial charge is 0.227 e. The minimum absolute atomic E-state index is 0.130. The van der Waals surface area contributed by atoms with Crippen LogP contribution in [0.15, 0.2) is 36.5 Å². The maximum absolute atomic E-state index is 11.8. The zero-order valence-corrected chi connectivity index (χ0v) is 10.8. The van der Waals surface area contributed by atoms with Gasteiger partial charge in [-0.3, -0.25) is 9.78 Å². The molecule has 0 aliphatic heterocycles. The highest BCUT2D eigenvalue weighted by Gasteiger charge is 2.11. The molecule has 19 heavy (non-hydrogen) atoms. The molecule has 0 aliphatic rings. The van der Waals surface area contributed by atoms with Gasteiger partial charge in [-0.25, -0.2) is 0 Å². The Kier molecular flexibility index (Phi) is 4.43. The second-order valence-corrected chi connectivity index (χ2v) is 4.26. The first kappa shape index (κ1) is 13.5. The summed E-state index contributed by atoms with van der Waals surface area (Å²) in [5.41, 5.74) is 7.06. The van der Waals surface area contributed by atoms with Gasteiger partial charge in [0.15, 0.2) is 0 Å². The molecule has 0 saturated heterocycles. The predicted molar refractivity (Wildman–Crippen MR) is 74.8 cm³/mol. The van der Waals surface area contributed by atoms with Crippen molar-refractivity contribution >= 4 is 22.5 Å². The van der Waals surface area contributed by atoms with E-state index < -0.39 is 0 Å². The Bertz CT molecular complexity index is 567. The Morgan fingerprint density at radius 3 is 3.00 bits per heavy atom. The molecule has 1 unspecified atom stereocenters. The quantitative estimate of drug-likeness (QED) is 0.853. The van der Waals surface area contributed by atoms with Gasteiger partial charge in [0, 0.05) is 19.0 Å². The minimum Gasteiger partial charge on any atom is -0.380 e. The topological polar surface area (TPSA) is 77.2 Å². The molecule has 5 nitrogen and oxygen atoms in total. The summed E-state index contributed by atoms with van der Waals surface area (Å²) in [6.07, 6.45) is 1.62. The fourth-order valence-electron chi connectivity index (χ4n) is 1.82. The van der Waals surface area contributed by atoms with Crippen LogP contribution in [-0.2, 0) is 9.53 Å². The molecule has 1 amide bonds. The number of benzene rings is 1. The lowest BCUT2D eigenvalue weighted by Crippen LogP contribution is -2.28. The standard InChI is InChI=1S/C14H17N3O2/c1-19-12(8-15)7-14(18)17-11-6-10-4-2-3-5-13(10)16-9-11/h2-6,9,12H,7-8,15H2,1H3,(H,17,18). The summed E-state index contributed by atoms with van der Waals surface area (Å²) in [7, 11) is 1.54. The van der Waals surface area contributed by atoms with E-state index in [4.69, 9.17) is 10.5 Å². The minimum atomic E-state index is -0.256. The number of carbonyl (C=O) groups excluding carboxylic acids is 1. The first-order valence-corrected chi connectivity index (χ1v) is 6.10. The zero-order chi connectivity index (χ0) is 13.7. The summed E-state index contributed by atoms with van der Waals surface area (Å²) < 4.78 is 5.08. The van der Waals surface area contributed by atoms with Crippen LogP contribution in [0.2, 0.25) is 0 Å². The van der Waals surface area contributed by atoms with Crippen LogP contribution in [0.1, 0.15) is 6.42 Å². The van der Waals surface area contributed by atoms with E-state index >= 15 is 0 Å². The second-order valence-electron chi connectivity index (χ2n) is 4.26. The van der Waals surface area contributed by atoms with Crippen molar-refractivity contribution in [3.8, 4) is 0 Å². The van der Waals surface area contributed by atoms with Crippen LogP contribution in [0.4, 0.5) is 5.69 Å². The lowest BCUT2D eigenvalue weighted by Gasteiger charge is -2.12. The lowest BCUT2D eigenvalue weighted by molar-refractivity contribution is -0.118. The fourth-order valence-corrected chi connectivity index (χ4v) is 1.82. The molecule has 1 aromatic carbocycles. The first-order chi connectivity index (χ1) is 9.22. The summed E-state index contributed by atoms with van der Waals surface area (Å²) in [5, 5.41) is 3.78. The predicted octanol–water partition coefficient (Wildman–Crippen LogP) is 1.54. The van der Waals surface area contributed by atoms with Crippen molar-refractivity contribution < 1.29 is 9.53 Å². The van der Waals surface area contributed by atoms with Gasteiger partial charge in [-0.1, -0.05) is 18.2 Å². The highest BCUT2D eigenvalue weighted by molar-refractivity contribution is 5.93. The van der Waals surface area contributed by atoms with E-state index in [0.717, 1.165) is 10.9 Å². The van der Waals surface area contributed by atoms with E-state index in [9.17, 15) is 4.79 Å². The van der Waals surface area contributed by atoms with Crippen molar-refractivity contribution in [1.29, 1.82) is 0 Å². The molecule has 2 aromatic rings. The maximum atomic E-state index is 11.8. The van der Waals surface area contributed by atoms with Gasteiger partial charge in [-0.05, 0) is 12.1 Å². The number of amides is 1. The first-order valence-electron chi connectivity index (χ1n) is 6.10. The molecular weight excluding hydrogens is 242 g/mol. The third-order valence-corrected chi connectivity index (χ3v) is 2.88. The van der Waals surface area contributed by atoms with Gasteiger partial charge in [0.25, 0.3) is 0 Å². The number of hydrogen-bond acceptors (Lipinski definition) is 4. The molecule has 1 aromatic heterocycles. The molecule has 3 N–H and O–H groups in total. The molecule has 0 aliphatic carbocycles. The number of nitrogens with two attached hydrogens (primary N) is 1. The number of fused-ring (bicyclic) bond motifs is 1. The highest BCUT2D eigenvalue weighted by atomic mass is 16.5. The van der Waals surface area contributed by atoms with Gasteiger partial charge in [0.2, 0.25) is 5.91 Å². The normalized spacial score (nSPS) is 12.3. The number of ether oxygens (including phenoxy) is 1. The van der Waals surface area contributed by atoms with Gasteiger partial charge >= 0.3 is 0 Å². The Morgan fingerprint density at radius 2 is 2.26 bits per heavy atom. The Morgan fingerprint density at radius 1 is 1.47 bits per heavy atom. The van der Waals surface area contributed by atoms with Crippen molar-refractivity contribution in [1.82, 2.24) is 4.98 Å². The van der Waals surface area contributed by atoms with Gasteiger partial charge in [0.1, 0.15) is 0 Å². The van der Waals surface area contributed by atoms with E-state index in [1.165, 1.54) is 0 Å². The van der Waals surface area contributed by atoms with E-state index in [-0.39, 0.29) is 18.4 Å². The number of methoxy groups -OCH3 is 1. The summed E-state index contributed by atoms with van der Waals surface area (Å²) in [6.45, 7) is 0.319. The van der Waals surface area contributed by atoms with Gasteiger partial charge < -0.3 is 15.8 Å². The number of aromatic nitrogens is 1. The summed E-state index contributed by atoms with van der Waals surface area (Å²) in [6, 6.07) is 9.64. The van der Waals surface area contributed by atoms with Gasteiger partial charge in [0.05, 0.1) is 29.9 Å². The zero-order valence-electron chi connectivity index (χ0n) is 10.8. The molecule has 0 radical (unpaired) electrons. The molecular formula is C14H17N3O2. The number of carbonyl (C=O) groups is 1. The molecule has 100 valence electrons. The summed E-state index contributed by atoms with van der Waals surface area (Å²) >= 11 is 0. The van der Waals surface area contributed by atoms with Crippen LogP contribution in [-0.4, -0.2) is 30.6 Å². The lowest BCUT2D eigenvalue weighted by atomic mass is 10.2. The van der Waals surface area contributed by atoms with Crippen LogP contribution >= 0.6 is 0 Å². The summed E-state index contributed by atoms with van der Waals surface area (Å²) in [5.74, 6) is -0.130. The molecule has 0 fully saturated rings. The Balaban J connectivity index is 2.06. The number of pyridine rings is 1. The summed E-state index contributed by atoms with van der Waals surface area (Å²) in [4.78, 5) is 16.1. The van der Waals surface area contributed by atoms with Crippen LogP contribution in [0.5, 0.6) is 0 Å². The van der Waals surface area contributed by atoms with Crippen LogP contribution < -0.4 is 11.1 Å². The maximum Gasteiger partial charge on any atom is 0.227 e. The van der Waals surface area contributed by atoms with Crippen LogP contribution in [0.25, 0.3) is 10.9 Å². The monoisotopic (exact) mass is 259 g/mol. The number of nitrogens with zero attached hydrogens (tertiary/aromatic N) is 1. The third-order valence-electron chi connectivity index (χ3n) is 2.88. The van der Waals surface area contributed by atoms with Crippen LogP contribution in [0.3, 0.4) is 0 Å². The van der Waals surface area contributed by atoms with Gasteiger partial charge in [-0.15, -0.1) is 0 Å². The van der Waals surface area contributed by atoms with Gasteiger partial charge in [-0.2, -0.15) is 0 Å².